The number of nitrogens with zero attached hydrogens (tertiary/aromatic N) is 1. The molecule has 0 atom stereocenters. The summed E-state index contributed by atoms with van der Waals surface area (Å²) in [5.74, 6) is 0.553. The van der Waals surface area contributed by atoms with Crippen molar-refractivity contribution in [2.24, 2.45) is 5.16 Å². The van der Waals surface area contributed by atoms with Crippen LogP contribution in [0.25, 0.3) is 0 Å². The van der Waals surface area contributed by atoms with E-state index >= 15 is 0 Å². The number of oxime groups is 1. The van der Waals surface area contributed by atoms with Gasteiger partial charge in [0.25, 0.3) is 0 Å². The van der Waals surface area contributed by atoms with E-state index in [2.05, 4.69) is 5.16 Å². The SMILES string of the molecule is ON=C1CCCc2c(OCc3ccc(F)cc3)cccc21. The van der Waals surface area contributed by atoms with Crippen LogP contribution in [0.4, 0.5) is 4.39 Å². The topological polar surface area (TPSA) is 41.8 Å². The van der Waals surface area contributed by atoms with Crippen molar-refractivity contribution < 1.29 is 14.3 Å². The molecule has 4 heteroatoms. The summed E-state index contributed by atoms with van der Waals surface area (Å²) in [6.07, 6.45) is 2.64. The second-order valence-corrected chi connectivity index (χ2v) is 5.10. The highest BCUT2D eigenvalue weighted by Crippen LogP contribution is 2.30. The minimum Gasteiger partial charge on any atom is -0.489 e. The second-order valence-electron chi connectivity index (χ2n) is 5.10. The Labute approximate surface area is 122 Å². The molecule has 2 aromatic rings. The minimum atomic E-state index is -0.250. The molecule has 3 rings (SSSR count). The highest BCUT2D eigenvalue weighted by atomic mass is 19.1. The van der Waals surface area contributed by atoms with Gasteiger partial charge >= 0.3 is 0 Å². The summed E-state index contributed by atoms with van der Waals surface area (Å²) < 4.78 is 18.7. The predicted molar refractivity (Wildman–Crippen MR) is 78.4 cm³/mol. The van der Waals surface area contributed by atoms with E-state index in [1.165, 1.54) is 12.1 Å². The molecule has 0 saturated heterocycles. The van der Waals surface area contributed by atoms with Crippen molar-refractivity contribution in [1.29, 1.82) is 0 Å². The summed E-state index contributed by atoms with van der Waals surface area (Å²) in [6.45, 7) is 0.391. The zero-order valence-corrected chi connectivity index (χ0v) is 11.6. The van der Waals surface area contributed by atoms with Crippen LogP contribution in [0.3, 0.4) is 0 Å². The van der Waals surface area contributed by atoms with Crippen LogP contribution in [-0.4, -0.2) is 10.9 Å². The van der Waals surface area contributed by atoms with E-state index < -0.39 is 0 Å². The lowest BCUT2D eigenvalue weighted by molar-refractivity contribution is 0.301. The molecular weight excluding hydrogens is 269 g/mol. The van der Waals surface area contributed by atoms with E-state index in [9.17, 15) is 4.39 Å². The van der Waals surface area contributed by atoms with Gasteiger partial charge in [0, 0.05) is 11.1 Å². The van der Waals surface area contributed by atoms with Gasteiger partial charge in [0.2, 0.25) is 0 Å². The van der Waals surface area contributed by atoms with Gasteiger partial charge < -0.3 is 9.94 Å². The third-order valence-electron chi connectivity index (χ3n) is 3.71. The number of rotatable bonds is 3. The van der Waals surface area contributed by atoms with E-state index in [-0.39, 0.29) is 5.82 Å². The highest BCUT2D eigenvalue weighted by Gasteiger charge is 2.19. The van der Waals surface area contributed by atoms with Gasteiger partial charge in [-0.05, 0) is 43.0 Å². The predicted octanol–water partition coefficient (Wildman–Crippen LogP) is 3.92. The number of halogens is 1. The summed E-state index contributed by atoms with van der Waals surface area (Å²) >= 11 is 0. The van der Waals surface area contributed by atoms with Gasteiger partial charge in [-0.3, -0.25) is 0 Å². The molecule has 0 heterocycles. The van der Waals surface area contributed by atoms with Crippen LogP contribution in [0, 0.1) is 5.82 Å². The molecule has 1 N–H and O–H groups in total. The van der Waals surface area contributed by atoms with Crippen molar-refractivity contribution in [1.82, 2.24) is 0 Å². The van der Waals surface area contributed by atoms with Crippen molar-refractivity contribution >= 4 is 5.71 Å². The molecule has 108 valence electrons. The van der Waals surface area contributed by atoms with E-state index in [0.29, 0.717) is 12.3 Å². The molecule has 0 bridgehead atoms. The molecule has 0 unspecified atom stereocenters. The molecule has 2 aromatic carbocycles. The smallest absolute Gasteiger partial charge is 0.123 e. The van der Waals surface area contributed by atoms with Crippen LogP contribution < -0.4 is 4.74 Å². The summed E-state index contributed by atoms with van der Waals surface area (Å²) in [4.78, 5) is 0. The van der Waals surface area contributed by atoms with Gasteiger partial charge in [0.1, 0.15) is 18.2 Å². The van der Waals surface area contributed by atoms with Crippen molar-refractivity contribution in [3.05, 3.63) is 65.0 Å². The monoisotopic (exact) mass is 285 g/mol. The maximum atomic E-state index is 12.9. The number of hydrogen-bond donors (Lipinski definition) is 1. The Hall–Kier alpha value is -2.36. The van der Waals surface area contributed by atoms with Gasteiger partial charge in [0.15, 0.2) is 0 Å². The fourth-order valence-electron chi connectivity index (χ4n) is 2.64. The average molecular weight is 285 g/mol. The van der Waals surface area contributed by atoms with Gasteiger partial charge in [-0.15, -0.1) is 0 Å². The van der Waals surface area contributed by atoms with Crippen molar-refractivity contribution in [3.63, 3.8) is 0 Å². The normalized spacial score (nSPS) is 15.8. The molecule has 0 radical (unpaired) electrons. The molecule has 0 saturated carbocycles. The van der Waals surface area contributed by atoms with Gasteiger partial charge in [-0.2, -0.15) is 0 Å². The number of benzene rings is 2. The summed E-state index contributed by atoms with van der Waals surface area (Å²) in [5.41, 5.74) is 3.67. The van der Waals surface area contributed by atoms with Crippen molar-refractivity contribution in [3.8, 4) is 5.75 Å². The first-order chi connectivity index (χ1) is 10.3. The zero-order valence-electron chi connectivity index (χ0n) is 11.6. The highest BCUT2D eigenvalue weighted by molar-refractivity contribution is 6.02. The van der Waals surface area contributed by atoms with Crippen LogP contribution in [0.1, 0.15) is 29.5 Å². The van der Waals surface area contributed by atoms with E-state index in [0.717, 1.165) is 41.7 Å². The Kier molecular flexibility index (Phi) is 3.86. The first kappa shape index (κ1) is 13.6. The molecule has 3 nitrogen and oxygen atoms in total. The summed E-state index contributed by atoms with van der Waals surface area (Å²) in [6, 6.07) is 12.0. The fourth-order valence-corrected chi connectivity index (χ4v) is 2.64. The zero-order chi connectivity index (χ0) is 14.7. The maximum Gasteiger partial charge on any atom is 0.123 e. The third kappa shape index (κ3) is 2.89. The van der Waals surface area contributed by atoms with E-state index in [1.54, 1.807) is 12.1 Å². The van der Waals surface area contributed by atoms with Gasteiger partial charge in [-0.1, -0.05) is 29.4 Å². The molecule has 21 heavy (non-hydrogen) atoms. The van der Waals surface area contributed by atoms with Crippen LogP contribution in [0.15, 0.2) is 47.6 Å². The second kappa shape index (κ2) is 5.95. The van der Waals surface area contributed by atoms with E-state index in [1.807, 2.05) is 18.2 Å². The molecule has 0 fully saturated rings. The Morgan fingerprint density at radius 1 is 1.10 bits per heavy atom. The lowest BCUT2D eigenvalue weighted by Crippen LogP contribution is -2.13. The van der Waals surface area contributed by atoms with Gasteiger partial charge in [-0.25, -0.2) is 4.39 Å². The fraction of sp³-hybridized carbons (Fsp3) is 0.235. The standard InChI is InChI=1S/C17H16FNO2/c18-13-9-7-12(8-10-13)11-21-17-6-2-3-14-15(17)4-1-5-16(14)19-20/h2-3,6-10,20H,1,4-5,11H2. The van der Waals surface area contributed by atoms with Crippen LogP contribution >= 0.6 is 0 Å². The van der Waals surface area contributed by atoms with Crippen molar-refractivity contribution in [2.75, 3.05) is 0 Å². The quantitative estimate of drug-likeness (QED) is 0.686. The Bertz CT molecular complexity index is 665. The third-order valence-corrected chi connectivity index (χ3v) is 3.71. The van der Waals surface area contributed by atoms with Crippen LogP contribution in [0.5, 0.6) is 5.75 Å². The maximum absolute atomic E-state index is 12.9. The number of ether oxygens (including phenoxy) is 1. The Morgan fingerprint density at radius 2 is 1.90 bits per heavy atom. The molecule has 0 amide bonds. The molecule has 1 aliphatic rings. The summed E-state index contributed by atoms with van der Waals surface area (Å²) in [5, 5.41) is 12.5. The minimum absolute atomic E-state index is 0.250. The van der Waals surface area contributed by atoms with Crippen LogP contribution in [0.2, 0.25) is 0 Å². The average Bonchev–Trinajstić information content (AvgIpc) is 2.53. The summed E-state index contributed by atoms with van der Waals surface area (Å²) in [7, 11) is 0. The molecule has 0 aromatic heterocycles. The molecular formula is C17H16FNO2. The number of fused-ring (bicyclic) bond motifs is 1. The lowest BCUT2D eigenvalue weighted by atomic mass is 9.89. The first-order valence-corrected chi connectivity index (χ1v) is 6.98. The molecule has 0 aliphatic heterocycles. The van der Waals surface area contributed by atoms with Crippen molar-refractivity contribution in [2.45, 2.75) is 25.9 Å². The first-order valence-electron chi connectivity index (χ1n) is 6.98. The van der Waals surface area contributed by atoms with E-state index in [4.69, 9.17) is 9.94 Å². The molecule has 1 aliphatic carbocycles. The van der Waals surface area contributed by atoms with Gasteiger partial charge in [0.05, 0.1) is 5.71 Å². The number of hydrogen-bond acceptors (Lipinski definition) is 3. The Balaban J connectivity index is 1.81. The Morgan fingerprint density at radius 3 is 2.67 bits per heavy atom. The lowest BCUT2D eigenvalue weighted by Gasteiger charge is -2.20. The largest absolute Gasteiger partial charge is 0.489 e. The molecule has 0 spiro atoms. The van der Waals surface area contributed by atoms with Crippen LogP contribution in [-0.2, 0) is 13.0 Å².